The number of phenolic OH excluding ortho intramolecular Hbond substituents is 3. The zero-order chi connectivity index (χ0) is 17.6. The molecule has 0 heterocycles. The molecular weight excluding hydrogens is 300 g/mol. The number of benzene rings is 1. The van der Waals surface area contributed by atoms with Crippen molar-refractivity contribution in [3.8, 4) is 17.2 Å². The Labute approximate surface area is 147 Å². The van der Waals surface area contributed by atoms with E-state index in [9.17, 15) is 15.3 Å². The summed E-state index contributed by atoms with van der Waals surface area (Å²) in [5.41, 5.74) is 0.624. The lowest BCUT2D eigenvalue weighted by atomic mass is 10.0. The van der Waals surface area contributed by atoms with Crippen molar-refractivity contribution < 1.29 is 15.3 Å². The molecular formula is C21H34O3. The van der Waals surface area contributed by atoms with Crippen LogP contribution in [0.5, 0.6) is 17.2 Å². The van der Waals surface area contributed by atoms with Gasteiger partial charge in [-0.2, -0.15) is 0 Å². The lowest BCUT2D eigenvalue weighted by Crippen LogP contribution is -1.88. The Kier molecular flexibility index (Phi) is 10.8. The fourth-order valence-electron chi connectivity index (χ4n) is 2.88. The molecule has 0 aromatic heterocycles. The average molecular weight is 334 g/mol. The Morgan fingerprint density at radius 1 is 0.750 bits per heavy atom. The smallest absolute Gasteiger partial charge is 0.161 e. The van der Waals surface area contributed by atoms with Crippen LogP contribution in [0.2, 0.25) is 0 Å². The lowest BCUT2D eigenvalue weighted by molar-refractivity contribution is 0.391. The summed E-state index contributed by atoms with van der Waals surface area (Å²) in [6.07, 6.45) is 18.8. The van der Waals surface area contributed by atoms with E-state index < -0.39 is 0 Å². The van der Waals surface area contributed by atoms with Gasteiger partial charge in [-0.3, -0.25) is 0 Å². The highest BCUT2D eigenvalue weighted by Gasteiger charge is 2.08. The molecule has 0 unspecified atom stereocenters. The molecule has 1 aromatic carbocycles. The maximum atomic E-state index is 9.74. The largest absolute Gasteiger partial charge is 0.508 e. The first-order chi connectivity index (χ1) is 11.6. The molecule has 0 atom stereocenters. The maximum absolute atomic E-state index is 9.74. The molecule has 1 aromatic rings. The van der Waals surface area contributed by atoms with Crippen molar-refractivity contribution in [2.45, 2.75) is 84.0 Å². The van der Waals surface area contributed by atoms with Gasteiger partial charge in [0.05, 0.1) is 0 Å². The molecule has 0 aliphatic rings. The number of unbranched alkanes of at least 4 members (excludes halogenated alkanes) is 9. The maximum Gasteiger partial charge on any atom is 0.161 e. The summed E-state index contributed by atoms with van der Waals surface area (Å²) < 4.78 is 0. The van der Waals surface area contributed by atoms with Crippen LogP contribution < -0.4 is 0 Å². The number of aromatic hydroxyl groups is 3. The van der Waals surface area contributed by atoms with Crippen LogP contribution in [0.4, 0.5) is 0 Å². The van der Waals surface area contributed by atoms with Crippen molar-refractivity contribution in [3.63, 3.8) is 0 Å². The summed E-state index contributed by atoms with van der Waals surface area (Å²) in [6.45, 7) is 2.24. The molecule has 3 nitrogen and oxygen atoms in total. The van der Waals surface area contributed by atoms with Crippen molar-refractivity contribution in [2.24, 2.45) is 0 Å². The molecule has 0 saturated heterocycles. The van der Waals surface area contributed by atoms with Crippen LogP contribution in [-0.4, -0.2) is 15.3 Å². The summed E-state index contributed by atoms with van der Waals surface area (Å²) >= 11 is 0. The van der Waals surface area contributed by atoms with Crippen molar-refractivity contribution in [3.05, 3.63) is 29.8 Å². The number of hydrogen-bond donors (Lipinski definition) is 3. The fraction of sp³-hybridized carbons (Fsp3) is 0.619. The Balaban J connectivity index is 2.00. The quantitative estimate of drug-likeness (QED) is 0.174. The topological polar surface area (TPSA) is 60.7 Å². The predicted molar refractivity (Wildman–Crippen MR) is 101 cm³/mol. The minimum absolute atomic E-state index is 0.00165. The first kappa shape index (κ1) is 20.4. The number of rotatable bonds is 13. The number of phenols is 3. The van der Waals surface area contributed by atoms with Gasteiger partial charge in [0.25, 0.3) is 0 Å². The second-order valence-corrected chi connectivity index (χ2v) is 6.60. The van der Waals surface area contributed by atoms with Crippen LogP contribution in [0.3, 0.4) is 0 Å². The van der Waals surface area contributed by atoms with Gasteiger partial charge < -0.3 is 15.3 Å². The molecule has 0 bridgehead atoms. The molecule has 136 valence electrons. The standard InChI is InChI=1S/C21H34O3/c1-2-3-4-5-6-7-8-9-10-11-12-13-14-15-18-16-19(22)17-20(23)21(18)24/h7-8,16-17,22-24H,2-6,9-15H2,1H3/b8-7-. The third kappa shape index (κ3) is 8.85. The Hall–Kier alpha value is -1.64. The molecule has 0 aliphatic heterocycles. The molecule has 0 saturated carbocycles. The first-order valence-corrected chi connectivity index (χ1v) is 9.54. The van der Waals surface area contributed by atoms with Gasteiger partial charge in [0.2, 0.25) is 0 Å². The van der Waals surface area contributed by atoms with Gasteiger partial charge >= 0.3 is 0 Å². The highest BCUT2D eigenvalue weighted by molar-refractivity contribution is 5.49. The van der Waals surface area contributed by atoms with Crippen molar-refractivity contribution in [2.75, 3.05) is 0 Å². The third-order valence-electron chi connectivity index (χ3n) is 4.36. The number of hydrogen-bond acceptors (Lipinski definition) is 3. The second kappa shape index (κ2) is 12.7. The van der Waals surface area contributed by atoms with E-state index in [1.165, 1.54) is 63.9 Å². The molecule has 3 heteroatoms. The van der Waals surface area contributed by atoms with E-state index in [2.05, 4.69) is 19.1 Å². The summed E-state index contributed by atoms with van der Waals surface area (Å²) in [4.78, 5) is 0. The van der Waals surface area contributed by atoms with Crippen LogP contribution >= 0.6 is 0 Å². The number of aryl methyl sites for hydroxylation is 1. The van der Waals surface area contributed by atoms with Crippen molar-refractivity contribution >= 4 is 0 Å². The Bertz CT molecular complexity index is 480. The van der Waals surface area contributed by atoms with E-state index in [0.29, 0.717) is 12.0 Å². The van der Waals surface area contributed by atoms with Gasteiger partial charge in [-0.05, 0) is 44.6 Å². The summed E-state index contributed by atoms with van der Waals surface area (Å²) in [7, 11) is 0. The minimum Gasteiger partial charge on any atom is -0.508 e. The molecule has 0 fully saturated rings. The summed E-state index contributed by atoms with van der Waals surface area (Å²) in [5, 5.41) is 28.7. The fourth-order valence-corrected chi connectivity index (χ4v) is 2.88. The predicted octanol–water partition coefficient (Wildman–Crippen LogP) is 6.21. The summed E-state index contributed by atoms with van der Waals surface area (Å²) in [6, 6.07) is 2.69. The van der Waals surface area contributed by atoms with Gasteiger partial charge in [-0.25, -0.2) is 0 Å². The van der Waals surface area contributed by atoms with E-state index >= 15 is 0 Å². The van der Waals surface area contributed by atoms with E-state index in [1.54, 1.807) is 0 Å². The molecule has 0 aliphatic carbocycles. The highest BCUT2D eigenvalue weighted by Crippen LogP contribution is 2.34. The third-order valence-corrected chi connectivity index (χ3v) is 4.36. The summed E-state index contributed by atoms with van der Waals surface area (Å²) in [5.74, 6) is -0.342. The average Bonchev–Trinajstić information content (AvgIpc) is 2.56. The van der Waals surface area contributed by atoms with E-state index in [1.807, 2.05) is 0 Å². The van der Waals surface area contributed by atoms with Gasteiger partial charge in [0.15, 0.2) is 11.5 Å². The first-order valence-electron chi connectivity index (χ1n) is 9.54. The molecule has 0 radical (unpaired) electrons. The van der Waals surface area contributed by atoms with Gasteiger partial charge in [0.1, 0.15) is 5.75 Å². The van der Waals surface area contributed by atoms with Gasteiger partial charge in [0, 0.05) is 11.6 Å². The van der Waals surface area contributed by atoms with Crippen molar-refractivity contribution in [1.29, 1.82) is 0 Å². The SMILES string of the molecule is CCCCCC/C=C\CCCCCCCc1cc(O)cc(O)c1O. The van der Waals surface area contributed by atoms with Crippen molar-refractivity contribution in [1.82, 2.24) is 0 Å². The molecule has 0 spiro atoms. The normalized spacial score (nSPS) is 11.4. The van der Waals surface area contributed by atoms with Crippen LogP contribution in [0.15, 0.2) is 24.3 Å². The molecule has 0 amide bonds. The Morgan fingerprint density at radius 2 is 1.33 bits per heavy atom. The monoisotopic (exact) mass is 334 g/mol. The zero-order valence-electron chi connectivity index (χ0n) is 15.1. The van der Waals surface area contributed by atoms with Crippen LogP contribution in [0, 0.1) is 0 Å². The number of allylic oxidation sites excluding steroid dienone is 2. The van der Waals surface area contributed by atoms with Crippen LogP contribution in [-0.2, 0) is 6.42 Å². The van der Waals surface area contributed by atoms with Gasteiger partial charge in [-0.15, -0.1) is 0 Å². The zero-order valence-corrected chi connectivity index (χ0v) is 15.1. The minimum atomic E-state index is -0.244. The van der Waals surface area contributed by atoms with Crippen LogP contribution in [0.25, 0.3) is 0 Å². The van der Waals surface area contributed by atoms with E-state index in [-0.39, 0.29) is 17.2 Å². The molecule has 1 rings (SSSR count). The molecule has 24 heavy (non-hydrogen) atoms. The van der Waals surface area contributed by atoms with E-state index in [0.717, 1.165) is 18.9 Å². The van der Waals surface area contributed by atoms with Crippen LogP contribution in [0.1, 0.15) is 83.1 Å². The van der Waals surface area contributed by atoms with E-state index in [4.69, 9.17) is 0 Å². The highest BCUT2D eigenvalue weighted by atomic mass is 16.3. The van der Waals surface area contributed by atoms with Gasteiger partial charge in [-0.1, -0.05) is 57.6 Å². The molecule has 3 N–H and O–H groups in total. The lowest BCUT2D eigenvalue weighted by Gasteiger charge is -2.07. The second-order valence-electron chi connectivity index (χ2n) is 6.60. The Morgan fingerprint density at radius 3 is 2.00 bits per heavy atom.